The number of nitrogens with one attached hydrogen (secondary N) is 2. The Balaban J connectivity index is 1.52. The molecular formula is C24H19Cl3FN3O3. The smallest absolute Gasteiger partial charge is 0.254 e. The van der Waals surface area contributed by atoms with E-state index in [1.807, 2.05) is 0 Å². The first-order chi connectivity index (χ1) is 16.3. The molecule has 34 heavy (non-hydrogen) atoms. The molecular weight excluding hydrogens is 504 g/mol. The Morgan fingerprint density at radius 3 is 2.50 bits per heavy atom. The van der Waals surface area contributed by atoms with Crippen molar-refractivity contribution in [3.8, 4) is 5.75 Å². The molecule has 0 radical (unpaired) electrons. The van der Waals surface area contributed by atoms with Gasteiger partial charge in [0.15, 0.2) is 0 Å². The van der Waals surface area contributed by atoms with Crippen molar-refractivity contribution in [2.75, 3.05) is 6.54 Å². The van der Waals surface area contributed by atoms with Gasteiger partial charge in [-0.3, -0.25) is 9.59 Å². The van der Waals surface area contributed by atoms with Gasteiger partial charge in [0.2, 0.25) is 5.91 Å². The molecule has 0 aromatic heterocycles. The summed E-state index contributed by atoms with van der Waals surface area (Å²) >= 11 is 18.2. The maximum absolute atomic E-state index is 13.6. The highest BCUT2D eigenvalue weighted by Crippen LogP contribution is 2.25. The minimum absolute atomic E-state index is 0.0158. The van der Waals surface area contributed by atoms with Crippen LogP contribution in [0, 0.1) is 5.82 Å². The third kappa shape index (κ3) is 7.45. The van der Waals surface area contributed by atoms with Gasteiger partial charge < -0.3 is 10.1 Å². The van der Waals surface area contributed by atoms with Crippen LogP contribution in [-0.4, -0.2) is 24.6 Å². The normalized spacial score (nSPS) is 10.8. The lowest BCUT2D eigenvalue weighted by atomic mass is 10.2. The molecule has 0 saturated heterocycles. The molecule has 0 aliphatic carbocycles. The Bertz CT molecular complexity index is 1220. The summed E-state index contributed by atoms with van der Waals surface area (Å²) in [4.78, 5) is 24.0. The van der Waals surface area contributed by atoms with E-state index in [0.29, 0.717) is 26.4 Å². The van der Waals surface area contributed by atoms with E-state index in [2.05, 4.69) is 15.8 Å². The lowest BCUT2D eigenvalue weighted by Crippen LogP contribution is -2.29. The zero-order valence-corrected chi connectivity index (χ0v) is 19.9. The average Bonchev–Trinajstić information content (AvgIpc) is 2.79. The summed E-state index contributed by atoms with van der Waals surface area (Å²) in [5.74, 6) is -1.20. The molecule has 0 heterocycles. The molecule has 0 saturated carbocycles. The number of carbonyl (C=O) groups excluding carboxylic acids is 2. The van der Waals surface area contributed by atoms with Gasteiger partial charge in [0.25, 0.3) is 5.91 Å². The van der Waals surface area contributed by atoms with E-state index in [4.69, 9.17) is 39.5 Å². The molecule has 2 N–H and O–H groups in total. The number of hydrogen-bond donors (Lipinski definition) is 2. The van der Waals surface area contributed by atoms with Gasteiger partial charge in [-0.05, 0) is 42.5 Å². The molecule has 2 amide bonds. The van der Waals surface area contributed by atoms with Crippen molar-refractivity contribution in [2.45, 2.75) is 13.0 Å². The maximum atomic E-state index is 13.6. The Labute approximate surface area is 210 Å². The minimum atomic E-state index is -0.632. The van der Waals surface area contributed by atoms with Gasteiger partial charge in [0, 0.05) is 39.2 Å². The van der Waals surface area contributed by atoms with Gasteiger partial charge in [-0.15, -0.1) is 0 Å². The number of carbonyl (C=O) groups is 2. The van der Waals surface area contributed by atoms with E-state index in [1.54, 1.807) is 42.5 Å². The summed E-state index contributed by atoms with van der Waals surface area (Å²) in [6.45, 7) is 0.203. The Hall–Kier alpha value is -3.13. The van der Waals surface area contributed by atoms with Crippen molar-refractivity contribution >= 4 is 52.8 Å². The van der Waals surface area contributed by atoms with Crippen LogP contribution in [0.1, 0.15) is 27.9 Å². The summed E-state index contributed by atoms with van der Waals surface area (Å²) in [7, 11) is 0. The number of hydrazone groups is 1. The first-order valence-corrected chi connectivity index (χ1v) is 11.2. The number of ether oxygens (including phenoxy) is 1. The third-order valence-electron chi connectivity index (χ3n) is 4.52. The summed E-state index contributed by atoms with van der Waals surface area (Å²) < 4.78 is 19.4. The fraction of sp³-hybridized carbons (Fsp3) is 0.125. The number of benzene rings is 3. The second-order valence-electron chi connectivity index (χ2n) is 6.99. The van der Waals surface area contributed by atoms with Crippen LogP contribution in [0.5, 0.6) is 5.75 Å². The molecule has 0 aliphatic rings. The van der Waals surface area contributed by atoms with Crippen LogP contribution in [0.3, 0.4) is 0 Å². The predicted octanol–water partition coefficient (Wildman–Crippen LogP) is 5.64. The molecule has 0 bridgehead atoms. The van der Waals surface area contributed by atoms with Crippen LogP contribution in [0.15, 0.2) is 65.8 Å². The zero-order chi connectivity index (χ0) is 24.5. The summed E-state index contributed by atoms with van der Waals surface area (Å²) in [6, 6.07) is 15.7. The number of hydrogen-bond acceptors (Lipinski definition) is 4. The van der Waals surface area contributed by atoms with Crippen molar-refractivity contribution in [3.05, 3.63) is 98.2 Å². The van der Waals surface area contributed by atoms with E-state index in [9.17, 15) is 14.0 Å². The Kier molecular flexibility index (Phi) is 9.27. The van der Waals surface area contributed by atoms with E-state index >= 15 is 0 Å². The van der Waals surface area contributed by atoms with Crippen molar-refractivity contribution in [2.24, 2.45) is 5.10 Å². The Morgan fingerprint density at radius 1 is 1.00 bits per heavy atom. The van der Waals surface area contributed by atoms with Gasteiger partial charge >= 0.3 is 0 Å². The molecule has 3 aromatic carbocycles. The number of amides is 2. The first kappa shape index (κ1) is 25.5. The Morgan fingerprint density at radius 2 is 1.74 bits per heavy atom. The van der Waals surface area contributed by atoms with Gasteiger partial charge in [-0.25, -0.2) is 9.82 Å². The van der Waals surface area contributed by atoms with Crippen LogP contribution in [0.25, 0.3) is 0 Å². The fourth-order valence-corrected chi connectivity index (χ4v) is 3.45. The molecule has 176 valence electrons. The van der Waals surface area contributed by atoms with Gasteiger partial charge in [0.1, 0.15) is 18.2 Å². The van der Waals surface area contributed by atoms with Crippen LogP contribution in [-0.2, 0) is 11.4 Å². The summed E-state index contributed by atoms with van der Waals surface area (Å²) in [5.41, 5.74) is 3.55. The molecule has 10 heteroatoms. The quantitative estimate of drug-likeness (QED) is 0.282. The molecule has 6 nitrogen and oxygen atoms in total. The second kappa shape index (κ2) is 12.4. The molecule has 0 unspecified atom stereocenters. The number of halogens is 4. The largest absolute Gasteiger partial charge is 0.488 e. The molecule has 3 aromatic rings. The number of rotatable bonds is 9. The van der Waals surface area contributed by atoms with Gasteiger partial charge in [-0.1, -0.05) is 53.0 Å². The highest BCUT2D eigenvalue weighted by Gasteiger charge is 2.11. The van der Waals surface area contributed by atoms with E-state index in [1.165, 1.54) is 24.4 Å². The topological polar surface area (TPSA) is 79.8 Å². The van der Waals surface area contributed by atoms with Crippen LogP contribution in [0.2, 0.25) is 15.1 Å². The van der Waals surface area contributed by atoms with Crippen molar-refractivity contribution in [3.63, 3.8) is 0 Å². The van der Waals surface area contributed by atoms with E-state index in [0.717, 1.165) is 5.56 Å². The van der Waals surface area contributed by atoms with Crippen molar-refractivity contribution in [1.29, 1.82) is 0 Å². The highest BCUT2D eigenvalue weighted by atomic mass is 35.5. The molecule has 0 fully saturated rings. The number of nitrogens with zero attached hydrogens (tertiary/aromatic N) is 1. The van der Waals surface area contributed by atoms with Crippen LogP contribution >= 0.6 is 34.8 Å². The molecule has 0 atom stereocenters. The first-order valence-electron chi connectivity index (χ1n) is 10.0. The SMILES string of the molecule is O=C(CCNC(=O)c1ccccc1F)NN=Cc1cc(Cl)ccc1OCc1ccc(Cl)cc1Cl. The van der Waals surface area contributed by atoms with Gasteiger partial charge in [0.05, 0.1) is 11.8 Å². The maximum Gasteiger partial charge on any atom is 0.254 e. The zero-order valence-electron chi connectivity index (χ0n) is 17.7. The van der Waals surface area contributed by atoms with Crippen molar-refractivity contribution < 1.29 is 18.7 Å². The fourth-order valence-electron chi connectivity index (χ4n) is 2.81. The van der Waals surface area contributed by atoms with E-state index < -0.39 is 17.6 Å². The van der Waals surface area contributed by atoms with Gasteiger partial charge in [-0.2, -0.15) is 5.10 Å². The lowest BCUT2D eigenvalue weighted by molar-refractivity contribution is -0.120. The summed E-state index contributed by atoms with van der Waals surface area (Å²) in [6.07, 6.45) is 1.34. The molecule has 0 aliphatic heterocycles. The molecule has 0 spiro atoms. The van der Waals surface area contributed by atoms with Crippen LogP contribution < -0.4 is 15.5 Å². The lowest BCUT2D eigenvalue weighted by Gasteiger charge is -2.11. The second-order valence-corrected chi connectivity index (χ2v) is 8.27. The third-order valence-corrected chi connectivity index (χ3v) is 5.34. The van der Waals surface area contributed by atoms with Crippen molar-refractivity contribution in [1.82, 2.24) is 10.7 Å². The monoisotopic (exact) mass is 521 g/mol. The van der Waals surface area contributed by atoms with Crippen LogP contribution in [0.4, 0.5) is 4.39 Å². The standard InChI is InChI=1S/C24H19Cl3FN3O3/c25-17-7-8-22(34-14-15-5-6-18(26)12-20(15)27)16(11-17)13-30-31-23(32)9-10-29-24(33)19-3-1-2-4-21(19)28/h1-8,11-13H,9-10,14H2,(H,29,33)(H,31,32). The molecule has 3 rings (SSSR count). The van der Waals surface area contributed by atoms with E-state index in [-0.39, 0.29) is 25.1 Å². The average molecular weight is 523 g/mol. The highest BCUT2D eigenvalue weighted by molar-refractivity contribution is 6.35. The predicted molar refractivity (Wildman–Crippen MR) is 131 cm³/mol. The minimum Gasteiger partial charge on any atom is -0.488 e. The summed E-state index contributed by atoms with van der Waals surface area (Å²) in [5, 5.41) is 7.87.